The van der Waals surface area contributed by atoms with Crippen molar-refractivity contribution in [2.24, 2.45) is 0 Å². The molecule has 144 valence electrons. The lowest BCUT2D eigenvalue weighted by atomic mass is 10.1. The van der Waals surface area contributed by atoms with Gasteiger partial charge in [-0.05, 0) is 12.0 Å². The Kier molecular flexibility index (Phi) is 12.6. The molecule has 0 fully saturated rings. The number of unbranched alkanes of at least 4 members (excludes halogenated alkanes) is 10. The van der Waals surface area contributed by atoms with Crippen LogP contribution in [0.5, 0.6) is 0 Å². The average molecular weight is 371 g/mol. The lowest BCUT2D eigenvalue weighted by molar-refractivity contribution is 0.205. The van der Waals surface area contributed by atoms with Gasteiger partial charge in [0.2, 0.25) is 0 Å². The van der Waals surface area contributed by atoms with E-state index in [0.29, 0.717) is 0 Å². The number of benzene rings is 1. The van der Waals surface area contributed by atoms with E-state index in [0.717, 1.165) is 24.8 Å². The first-order valence-corrected chi connectivity index (χ1v) is 11.0. The Balaban J connectivity index is 1.93. The van der Waals surface area contributed by atoms with Gasteiger partial charge in [-0.2, -0.15) is 8.42 Å². The van der Waals surface area contributed by atoms with Crippen LogP contribution in [-0.4, -0.2) is 15.0 Å². The second-order valence-electron chi connectivity index (χ2n) is 6.51. The molecule has 0 aliphatic rings. The fourth-order valence-electron chi connectivity index (χ4n) is 2.68. The molecule has 1 aromatic carbocycles. The molecule has 25 heavy (non-hydrogen) atoms. The number of hydrogen-bond donors (Lipinski definition) is 0. The maximum absolute atomic E-state index is 11.6. The van der Waals surface area contributed by atoms with E-state index in [9.17, 15) is 8.42 Å². The maximum Gasteiger partial charge on any atom is 0.400 e. The molecule has 0 saturated heterocycles. The number of rotatable bonds is 16. The molecule has 1 aromatic rings. The second kappa shape index (κ2) is 14.3. The average Bonchev–Trinajstić information content (AvgIpc) is 2.62. The van der Waals surface area contributed by atoms with Crippen molar-refractivity contribution in [2.45, 2.75) is 84.2 Å². The Bertz CT molecular complexity index is 514. The SMILES string of the molecule is CCCCCCCCCCCCCOS(=O)(=O)OCc1ccccc1. The van der Waals surface area contributed by atoms with E-state index in [4.69, 9.17) is 8.37 Å². The van der Waals surface area contributed by atoms with E-state index in [-0.39, 0.29) is 13.2 Å². The van der Waals surface area contributed by atoms with E-state index >= 15 is 0 Å². The molecule has 0 heterocycles. The van der Waals surface area contributed by atoms with Crippen LogP contribution in [0, 0.1) is 0 Å². The van der Waals surface area contributed by atoms with E-state index in [1.54, 1.807) is 0 Å². The second-order valence-corrected chi connectivity index (χ2v) is 7.80. The summed E-state index contributed by atoms with van der Waals surface area (Å²) in [4.78, 5) is 0. The van der Waals surface area contributed by atoms with Gasteiger partial charge >= 0.3 is 10.4 Å². The van der Waals surface area contributed by atoms with Gasteiger partial charge in [0, 0.05) is 0 Å². The first kappa shape index (κ1) is 22.1. The van der Waals surface area contributed by atoms with E-state index < -0.39 is 10.4 Å². The van der Waals surface area contributed by atoms with Crippen LogP contribution in [0.1, 0.15) is 83.1 Å². The summed E-state index contributed by atoms with van der Waals surface area (Å²) in [5.74, 6) is 0. The van der Waals surface area contributed by atoms with Gasteiger partial charge in [0.1, 0.15) is 0 Å². The van der Waals surface area contributed by atoms with Gasteiger partial charge < -0.3 is 0 Å². The number of hydrogen-bond acceptors (Lipinski definition) is 4. The van der Waals surface area contributed by atoms with Gasteiger partial charge in [-0.1, -0.05) is 101 Å². The third-order valence-electron chi connectivity index (χ3n) is 4.19. The summed E-state index contributed by atoms with van der Waals surface area (Å²) in [6.07, 6.45) is 13.5. The van der Waals surface area contributed by atoms with Crippen LogP contribution in [0.25, 0.3) is 0 Å². The highest BCUT2D eigenvalue weighted by Crippen LogP contribution is 2.12. The van der Waals surface area contributed by atoms with E-state index in [1.807, 2.05) is 30.3 Å². The minimum absolute atomic E-state index is 0.0153. The fourth-order valence-corrected chi connectivity index (χ4v) is 3.35. The van der Waals surface area contributed by atoms with E-state index in [1.165, 1.54) is 51.4 Å². The van der Waals surface area contributed by atoms with Gasteiger partial charge in [0.15, 0.2) is 0 Å². The highest BCUT2D eigenvalue weighted by atomic mass is 32.3. The Hall–Kier alpha value is -0.910. The summed E-state index contributed by atoms with van der Waals surface area (Å²) >= 11 is 0. The molecule has 0 unspecified atom stereocenters. The van der Waals surface area contributed by atoms with E-state index in [2.05, 4.69) is 6.92 Å². The summed E-state index contributed by atoms with van der Waals surface area (Å²) < 4.78 is 33.0. The molecule has 0 radical (unpaired) electrons. The predicted octanol–water partition coefficient (Wildman–Crippen LogP) is 5.78. The molecule has 0 aromatic heterocycles. The minimum atomic E-state index is -3.89. The van der Waals surface area contributed by atoms with Crippen LogP contribution in [0.2, 0.25) is 0 Å². The molecule has 0 spiro atoms. The predicted molar refractivity (Wildman–Crippen MR) is 103 cm³/mol. The molecule has 0 saturated carbocycles. The summed E-state index contributed by atoms with van der Waals surface area (Å²) in [6, 6.07) is 9.20. The lowest BCUT2D eigenvalue weighted by Crippen LogP contribution is -2.11. The first-order chi connectivity index (χ1) is 12.1. The Labute approximate surface area is 154 Å². The highest BCUT2D eigenvalue weighted by molar-refractivity contribution is 7.81. The topological polar surface area (TPSA) is 52.6 Å². The standard InChI is InChI=1S/C20H34O4S/c1-2-3-4-5-6-7-8-9-10-11-15-18-23-25(21,22)24-19-20-16-13-12-14-17-20/h12-14,16-17H,2-11,15,18-19H2,1H3. The molecular formula is C20H34O4S. The summed E-state index contributed by atoms with van der Waals surface area (Å²) in [5, 5.41) is 0. The fraction of sp³-hybridized carbons (Fsp3) is 0.700. The minimum Gasteiger partial charge on any atom is -0.248 e. The van der Waals surface area contributed by atoms with Crippen LogP contribution < -0.4 is 0 Å². The molecular weight excluding hydrogens is 336 g/mol. The van der Waals surface area contributed by atoms with Gasteiger partial charge in [-0.15, -0.1) is 0 Å². The molecule has 4 nitrogen and oxygen atoms in total. The van der Waals surface area contributed by atoms with Gasteiger partial charge in [-0.25, -0.2) is 8.37 Å². The molecule has 5 heteroatoms. The highest BCUT2D eigenvalue weighted by Gasteiger charge is 2.11. The Morgan fingerprint density at radius 3 is 1.80 bits per heavy atom. The monoisotopic (exact) mass is 370 g/mol. The van der Waals surface area contributed by atoms with Crippen molar-refractivity contribution < 1.29 is 16.8 Å². The van der Waals surface area contributed by atoms with Gasteiger partial charge in [0.25, 0.3) is 0 Å². The quantitative estimate of drug-likeness (QED) is 0.346. The van der Waals surface area contributed by atoms with Crippen LogP contribution in [0.3, 0.4) is 0 Å². The smallest absolute Gasteiger partial charge is 0.248 e. The van der Waals surface area contributed by atoms with Crippen molar-refractivity contribution in [3.05, 3.63) is 35.9 Å². The van der Waals surface area contributed by atoms with Crippen molar-refractivity contribution in [3.63, 3.8) is 0 Å². The first-order valence-electron chi connectivity index (χ1n) is 9.72. The Morgan fingerprint density at radius 2 is 1.24 bits per heavy atom. The summed E-state index contributed by atoms with van der Waals surface area (Å²) in [6.45, 7) is 2.46. The van der Waals surface area contributed by atoms with Crippen LogP contribution in [0.15, 0.2) is 30.3 Å². The molecule has 0 atom stereocenters. The van der Waals surface area contributed by atoms with Crippen molar-refractivity contribution in [2.75, 3.05) is 6.61 Å². The third kappa shape index (κ3) is 13.0. The largest absolute Gasteiger partial charge is 0.400 e. The zero-order chi connectivity index (χ0) is 18.2. The molecule has 0 aliphatic heterocycles. The van der Waals surface area contributed by atoms with Crippen molar-refractivity contribution in [1.82, 2.24) is 0 Å². The molecule has 0 bridgehead atoms. The van der Waals surface area contributed by atoms with Gasteiger partial charge in [-0.3, -0.25) is 0 Å². The van der Waals surface area contributed by atoms with Crippen LogP contribution in [0.4, 0.5) is 0 Å². The van der Waals surface area contributed by atoms with Crippen molar-refractivity contribution >= 4 is 10.4 Å². The van der Waals surface area contributed by atoms with Crippen molar-refractivity contribution in [3.8, 4) is 0 Å². The zero-order valence-electron chi connectivity index (χ0n) is 15.6. The van der Waals surface area contributed by atoms with Crippen LogP contribution in [-0.2, 0) is 25.4 Å². The molecule has 0 aliphatic carbocycles. The van der Waals surface area contributed by atoms with Gasteiger partial charge in [0.05, 0.1) is 13.2 Å². The van der Waals surface area contributed by atoms with Crippen LogP contribution >= 0.6 is 0 Å². The lowest BCUT2D eigenvalue weighted by Gasteiger charge is -2.06. The molecule has 1 rings (SSSR count). The summed E-state index contributed by atoms with van der Waals surface area (Å²) in [5.41, 5.74) is 0.810. The molecule has 0 N–H and O–H groups in total. The normalized spacial score (nSPS) is 11.7. The maximum atomic E-state index is 11.6. The molecule has 0 amide bonds. The Morgan fingerprint density at radius 1 is 0.720 bits per heavy atom. The summed E-state index contributed by atoms with van der Waals surface area (Å²) in [7, 11) is -3.89. The zero-order valence-corrected chi connectivity index (χ0v) is 16.4. The third-order valence-corrected chi connectivity index (χ3v) is 5.05. The van der Waals surface area contributed by atoms with Crippen molar-refractivity contribution in [1.29, 1.82) is 0 Å².